The lowest BCUT2D eigenvalue weighted by Crippen LogP contribution is -2.34. The average Bonchev–Trinajstić information content (AvgIpc) is 3.07. The number of rotatable bonds is 6. The number of carbonyl (C=O) groups is 1. The van der Waals surface area contributed by atoms with Crippen LogP contribution in [0.2, 0.25) is 5.02 Å². The molecule has 1 aromatic heterocycles. The lowest BCUT2D eigenvalue weighted by molar-refractivity contribution is 0.0978. The highest BCUT2D eigenvalue weighted by Gasteiger charge is 2.25. The van der Waals surface area contributed by atoms with Gasteiger partial charge in [-0.05, 0) is 49.6 Å². The fourth-order valence-electron chi connectivity index (χ4n) is 4.40. The molecule has 0 saturated carbocycles. The Morgan fingerprint density at radius 3 is 2.59 bits per heavy atom. The molecular weight excluding hydrogens is 483 g/mol. The number of nitrogens with zero attached hydrogens (tertiary/aromatic N) is 3. The van der Waals surface area contributed by atoms with Crippen LogP contribution in [0, 0.1) is 12.7 Å². The molecule has 2 aromatic carbocycles. The first-order valence-electron chi connectivity index (χ1n) is 10.8. The van der Waals surface area contributed by atoms with Crippen molar-refractivity contribution in [1.29, 1.82) is 0 Å². The molecule has 1 saturated heterocycles. The predicted molar refractivity (Wildman–Crippen MR) is 128 cm³/mol. The third kappa shape index (κ3) is 5.34. The molecule has 0 aliphatic carbocycles. The maximum Gasteiger partial charge on any atom is 0.267 e. The number of nitrogens with one attached hydrogen (secondary N) is 1. The van der Waals surface area contributed by atoms with Crippen molar-refractivity contribution in [2.45, 2.75) is 32.4 Å². The highest BCUT2D eigenvalue weighted by Crippen LogP contribution is 2.31. The van der Waals surface area contributed by atoms with Gasteiger partial charge in [0.25, 0.3) is 5.91 Å². The van der Waals surface area contributed by atoms with Crippen LogP contribution in [0.5, 0.6) is 5.75 Å². The van der Waals surface area contributed by atoms with E-state index in [1.54, 1.807) is 20.1 Å². The van der Waals surface area contributed by atoms with Gasteiger partial charge >= 0.3 is 0 Å². The highest BCUT2D eigenvalue weighted by atomic mass is 35.5. The van der Waals surface area contributed by atoms with Crippen LogP contribution in [-0.2, 0) is 16.6 Å². The molecule has 1 fully saturated rings. The molecule has 34 heavy (non-hydrogen) atoms. The van der Waals surface area contributed by atoms with E-state index < -0.39 is 21.7 Å². The number of sulfonamides is 1. The van der Waals surface area contributed by atoms with E-state index in [-0.39, 0.29) is 11.6 Å². The summed E-state index contributed by atoms with van der Waals surface area (Å²) >= 11 is 6.19. The molecule has 0 bridgehead atoms. The van der Waals surface area contributed by atoms with Crippen molar-refractivity contribution in [2.75, 3.05) is 26.5 Å². The first kappa shape index (κ1) is 24.4. The van der Waals surface area contributed by atoms with Crippen molar-refractivity contribution in [3.8, 4) is 5.75 Å². The zero-order valence-corrected chi connectivity index (χ0v) is 20.7. The molecule has 11 heteroatoms. The Morgan fingerprint density at radius 2 is 1.94 bits per heavy atom. The van der Waals surface area contributed by atoms with Crippen molar-refractivity contribution in [1.82, 2.24) is 19.4 Å². The van der Waals surface area contributed by atoms with Crippen LogP contribution in [0.3, 0.4) is 0 Å². The second-order valence-electron chi connectivity index (χ2n) is 8.59. The Hall–Kier alpha value is -2.69. The number of aromatic nitrogens is 2. The van der Waals surface area contributed by atoms with Crippen LogP contribution in [0.1, 0.15) is 40.5 Å². The van der Waals surface area contributed by atoms with E-state index in [0.29, 0.717) is 21.6 Å². The summed E-state index contributed by atoms with van der Waals surface area (Å²) in [6, 6.07) is 8.39. The van der Waals surface area contributed by atoms with E-state index in [4.69, 9.17) is 16.3 Å². The van der Waals surface area contributed by atoms with E-state index in [2.05, 4.69) is 10.00 Å². The number of methoxy groups -OCH3 is 1. The molecule has 0 spiro atoms. The Labute approximate surface area is 202 Å². The zero-order chi connectivity index (χ0) is 24.6. The number of ether oxygens (including phenoxy) is 1. The van der Waals surface area contributed by atoms with Crippen molar-refractivity contribution in [3.63, 3.8) is 0 Å². The Morgan fingerprint density at radius 1 is 1.24 bits per heavy atom. The number of halogens is 2. The highest BCUT2D eigenvalue weighted by molar-refractivity contribution is 7.89. The molecule has 1 amide bonds. The number of amides is 1. The molecule has 1 aliphatic heterocycles. The van der Waals surface area contributed by atoms with Gasteiger partial charge in [0, 0.05) is 36.1 Å². The van der Waals surface area contributed by atoms with Gasteiger partial charge in [-0.3, -0.25) is 14.4 Å². The summed E-state index contributed by atoms with van der Waals surface area (Å²) in [6.07, 6.45) is 2.50. The number of aryl methyl sites for hydroxylation is 1. The molecule has 182 valence electrons. The Balaban J connectivity index is 1.51. The number of fused-ring (bicyclic) bond motifs is 1. The van der Waals surface area contributed by atoms with Gasteiger partial charge in [0.1, 0.15) is 11.6 Å². The molecular formula is C23H26ClFN4O4S. The quantitative estimate of drug-likeness (QED) is 0.546. The van der Waals surface area contributed by atoms with Gasteiger partial charge in [0.05, 0.1) is 36.2 Å². The molecule has 0 unspecified atom stereocenters. The second-order valence-corrected chi connectivity index (χ2v) is 10.8. The molecule has 1 aliphatic rings. The summed E-state index contributed by atoms with van der Waals surface area (Å²) in [6.45, 7) is 4.20. The summed E-state index contributed by atoms with van der Waals surface area (Å²) in [5.41, 5.74) is 1.98. The van der Waals surface area contributed by atoms with E-state index in [9.17, 15) is 17.6 Å². The number of hydrogen-bond acceptors (Lipinski definition) is 6. The van der Waals surface area contributed by atoms with Crippen molar-refractivity contribution < 1.29 is 22.3 Å². The lowest BCUT2D eigenvalue weighted by Gasteiger charge is -2.32. The molecule has 4 rings (SSSR count). The minimum atomic E-state index is -3.80. The number of piperidine rings is 1. The van der Waals surface area contributed by atoms with E-state index >= 15 is 0 Å². The topological polar surface area (TPSA) is 93.5 Å². The average molecular weight is 509 g/mol. The number of hydrogen-bond donors (Lipinski definition) is 1. The SMILES string of the molecule is COc1cc(Cl)cc(CN2CCC(n3nc(C)c4cc(C(=O)NS(C)(=O)=O)c(F)cc43)CC2)c1. The summed E-state index contributed by atoms with van der Waals surface area (Å²) in [5.74, 6) is -1.07. The first-order valence-corrected chi connectivity index (χ1v) is 13.1. The van der Waals surface area contributed by atoms with Crippen LogP contribution in [0.25, 0.3) is 10.9 Å². The van der Waals surface area contributed by atoms with Crippen LogP contribution in [-0.4, -0.2) is 55.5 Å². The standard InChI is InChI=1S/C23H26ClFN4O4S/c1-14-19-11-20(23(30)27-34(3,31)32)21(25)12-22(19)29(26-14)17-4-6-28(7-5-17)13-15-8-16(24)10-18(9-15)33-2/h8-12,17H,4-7,13H2,1-3H3,(H,27,30). The number of carbonyl (C=O) groups excluding carboxylic acids is 1. The Bertz CT molecular complexity index is 1350. The zero-order valence-electron chi connectivity index (χ0n) is 19.1. The second kappa shape index (κ2) is 9.52. The van der Waals surface area contributed by atoms with Crippen molar-refractivity contribution in [2.24, 2.45) is 0 Å². The fourth-order valence-corrected chi connectivity index (χ4v) is 5.09. The van der Waals surface area contributed by atoms with Gasteiger partial charge in [-0.25, -0.2) is 17.5 Å². The van der Waals surface area contributed by atoms with Gasteiger partial charge in [-0.2, -0.15) is 5.10 Å². The molecule has 0 radical (unpaired) electrons. The van der Waals surface area contributed by atoms with Gasteiger partial charge in [0.15, 0.2) is 0 Å². The van der Waals surface area contributed by atoms with Crippen LogP contribution >= 0.6 is 11.6 Å². The largest absolute Gasteiger partial charge is 0.497 e. The Kier molecular flexibility index (Phi) is 6.84. The van der Waals surface area contributed by atoms with Gasteiger partial charge < -0.3 is 4.74 Å². The summed E-state index contributed by atoms with van der Waals surface area (Å²) in [4.78, 5) is 14.5. The maximum atomic E-state index is 14.8. The smallest absolute Gasteiger partial charge is 0.267 e. The number of likely N-dealkylation sites (tertiary alicyclic amines) is 1. The summed E-state index contributed by atoms with van der Waals surface area (Å²) < 4.78 is 46.5. The minimum absolute atomic E-state index is 0.0800. The first-order chi connectivity index (χ1) is 16.0. The van der Waals surface area contributed by atoms with E-state index in [0.717, 1.165) is 50.0 Å². The molecule has 8 nitrogen and oxygen atoms in total. The third-order valence-electron chi connectivity index (χ3n) is 5.98. The minimum Gasteiger partial charge on any atom is -0.497 e. The summed E-state index contributed by atoms with van der Waals surface area (Å²) in [5, 5.41) is 5.87. The van der Waals surface area contributed by atoms with Crippen LogP contribution in [0.15, 0.2) is 30.3 Å². The van der Waals surface area contributed by atoms with Gasteiger partial charge in [-0.1, -0.05) is 11.6 Å². The van der Waals surface area contributed by atoms with Crippen LogP contribution < -0.4 is 9.46 Å². The van der Waals surface area contributed by atoms with Crippen molar-refractivity contribution in [3.05, 3.63) is 58.0 Å². The fraction of sp³-hybridized carbons (Fsp3) is 0.391. The normalized spacial score (nSPS) is 15.6. The van der Waals surface area contributed by atoms with E-state index in [1.807, 2.05) is 21.5 Å². The maximum absolute atomic E-state index is 14.8. The van der Waals surface area contributed by atoms with Gasteiger partial charge in [0.2, 0.25) is 10.0 Å². The molecule has 0 atom stereocenters. The lowest BCUT2D eigenvalue weighted by atomic mass is 10.0. The monoisotopic (exact) mass is 508 g/mol. The predicted octanol–water partition coefficient (Wildman–Crippen LogP) is 3.67. The molecule has 1 N–H and O–H groups in total. The molecule has 3 aromatic rings. The van der Waals surface area contributed by atoms with E-state index in [1.165, 1.54) is 12.1 Å². The third-order valence-corrected chi connectivity index (χ3v) is 6.75. The number of benzene rings is 2. The van der Waals surface area contributed by atoms with Crippen molar-refractivity contribution >= 4 is 38.4 Å². The van der Waals surface area contributed by atoms with Gasteiger partial charge in [-0.15, -0.1) is 0 Å². The summed E-state index contributed by atoms with van der Waals surface area (Å²) in [7, 11) is -2.19. The molecule has 2 heterocycles. The van der Waals surface area contributed by atoms with Crippen LogP contribution in [0.4, 0.5) is 4.39 Å².